The van der Waals surface area contributed by atoms with E-state index in [1.807, 2.05) is 6.92 Å². The summed E-state index contributed by atoms with van der Waals surface area (Å²) in [5.41, 5.74) is 0. The van der Waals surface area contributed by atoms with Crippen LogP contribution in [-0.2, 0) is 14.8 Å². The molecule has 1 saturated heterocycles. The fraction of sp³-hybridized carbons (Fsp3) is 0.500. The quantitative estimate of drug-likeness (QED) is 0.877. The number of sulfonamides is 1. The zero-order chi connectivity index (χ0) is 15.5. The Morgan fingerprint density at radius 3 is 2.62 bits per heavy atom. The molecule has 1 aromatic carbocycles. The summed E-state index contributed by atoms with van der Waals surface area (Å²) in [5.74, 6) is -0.210. The highest BCUT2D eigenvalue weighted by atomic mass is 79.9. The van der Waals surface area contributed by atoms with Crippen LogP contribution in [0.5, 0.6) is 0 Å². The first kappa shape index (κ1) is 16.5. The average molecular weight is 375 g/mol. The van der Waals surface area contributed by atoms with E-state index in [0.717, 1.165) is 17.3 Å². The molecule has 1 N–H and O–H groups in total. The topological polar surface area (TPSA) is 66.5 Å². The molecule has 5 nitrogen and oxygen atoms in total. The van der Waals surface area contributed by atoms with Gasteiger partial charge in [0.15, 0.2) is 0 Å². The van der Waals surface area contributed by atoms with E-state index in [1.54, 1.807) is 24.3 Å². The third-order valence-corrected chi connectivity index (χ3v) is 5.98. The van der Waals surface area contributed by atoms with Gasteiger partial charge in [0.2, 0.25) is 15.9 Å². The Kier molecular flexibility index (Phi) is 5.40. The van der Waals surface area contributed by atoms with Gasteiger partial charge in [0, 0.05) is 17.6 Å². The molecule has 1 aromatic rings. The molecule has 21 heavy (non-hydrogen) atoms. The molecular weight excluding hydrogens is 356 g/mol. The molecule has 1 aliphatic rings. The molecular formula is C14H19BrN2O3S. The van der Waals surface area contributed by atoms with E-state index in [0.29, 0.717) is 19.5 Å². The fourth-order valence-electron chi connectivity index (χ4n) is 2.49. The van der Waals surface area contributed by atoms with Crippen LogP contribution in [0.15, 0.2) is 33.6 Å². The fourth-order valence-corrected chi connectivity index (χ4v) is 4.41. The summed E-state index contributed by atoms with van der Waals surface area (Å²) < 4.78 is 27.7. The first-order valence-electron chi connectivity index (χ1n) is 7.02. The van der Waals surface area contributed by atoms with Gasteiger partial charge >= 0.3 is 0 Å². The second-order valence-electron chi connectivity index (χ2n) is 4.98. The first-order valence-corrected chi connectivity index (χ1v) is 9.25. The van der Waals surface area contributed by atoms with Crippen molar-refractivity contribution in [1.29, 1.82) is 0 Å². The van der Waals surface area contributed by atoms with Gasteiger partial charge in [0.25, 0.3) is 0 Å². The Labute approximate surface area is 133 Å². The lowest BCUT2D eigenvalue weighted by Crippen LogP contribution is -2.51. The minimum Gasteiger partial charge on any atom is -0.355 e. The highest BCUT2D eigenvalue weighted by Gasteiger charge is 2.37. The Hall–Kier alpha value is -0.920. The van der Waals surface area contributed by atoms with Gasteiger partial charge in [-0.1, -0.05) is 22.4 Å². The number of benzene rings is 1. The number of nitrogens with one attached hydrogen (secondary N) is 1. The molecule has 0 unspecified atom stereocenters. The summed E-state index contributed by atoms with van der Waals surface area (Å²) >= 11 is 3.29. The van der Waals surface area contributed by atoms with Crippen molar-refractivity contribution in [1.82, 2.24) is 9.62 Å². The standard InChI is InChI=1S/C14H19BrN2O3S/c1-2-16-14(18)13-5-3-4-10-17(13)21(19,20)12-8-6-11(15)7-9-12/h6-9,13H,2-5,10H2,1H3,(H,16,18)/t13-/m0/s1. The van der Waals surface area contributed by atoms with E-state index in [-0.39, 0.29) is 10.8 Å². The molecule has 0 bridgehead atoms. The second-order valence-corrected chi connectivity index (χ2v) is 7.78. The van der Waals surface area contributed by atoms with Gasteiger partial charge in [-0.05, 0) is 44.0 Å². The number of rotatable bonds is 4. The number of halogens is 1. The minimum absolute atomic E-state index is 0.210. The van der Waals surface area contributed by atoms with Gasteiger partial charge in [-0.25, -0.2) is 8.42 Å². The number of hydrogen-bond acceptors (Lipinski definition) is 3. The maximum Gasteiger partial charge on any atom is 0.243 e. The van der Waals surface area contributed by atoms with Crippen molar-refractivity contribution in [3.05, 3.63) is 28.7 Å². The van der Waals surface area contributed by atoms with E-state index in [4.69, 9.17) is 0 Å². The molecule has 1 aliphatic heterocycles. The molecule has 2 rings (SSSR count). The van der Waals surface area contributed by atoms with Crippen LogP contribution in [0.2, 0.25) is 0 Å². The summed E-state index contributed by atoms with van der Waals surface area (Å²) in [6, 6.07) is 5.90. The summed E-state index contributed by atoms with van der Waals surface area (Å²) in [6.07, 6.45) is 2.22. The molecule has 0 radical (unpaired) electrons. The predicted molar refractivity (Wildman–Crippen MR) is 84.4 cm³/mol. The zero-order valence-electron chi connectivity index (χ0n) is 11.9. The van der Waals surface area contributed by atoms with Gasteiger partial charge in [-0.2, -0.15) is 4.31 Å². The van der Waals surface area contributed by atoms with Crippen molar-refractivity contribution in [2.75, 3.05) is 13.1 Å². The van der Waals surface area contributed by atoms with Gasteiger partial charge < -0.3 is 5.32 Å². The van der Waals surface area contributed by atoms with Crippen LogP contribution in [0.25, 0.3) is 0 Å². The predicted octanol–water partition coefficient (Wildman–Crippen LogP) is 2.13. The lowest BCUT2D eigenvalue weighted by Gasteiger charge is -2.33. The van der Waals surface area contributed by atoms with Crippen LogP contribution in [0.3, 0.4) is 0 Å². The van der Waals surface area contributed by atoms with E-state index in [1.165, 1.54) is 4.31 Å². The molecule has 0 aromatic heterocycles. The summed E-state index contributed by atoms with van der Waals surface area (Å²) in [6.45, 7) is 2.72. The van der Waals surface area contributed by atoms with Crippen LogP contribution in [0, 0.1) is 0 Å². The Balaban J connectivity index is 2.31. The van der Waals surface area contributed by atoms with E-state index in [2.05, 4.69) is 21.2 Å². The molecule has 1 atom stereocenters. The zero-order valence-corrected chi connectivity index (χ0v) is 14.3. The number of piperidine rings is 1. The SMILES string of the molecule is CCNC(=O)[C@@H]1CCCCN1S(=O)(=O)c1ccc(Br)cc1. The Bertz CT molecular complexity index is 601. The van der Waals surface area contributed by atoms with Crippen molar-refractivity contribution < 1.29 is 13.2 Å². The van der Waals surface area contributed by atoms with E-state index >= 15 is 0 Å². The molecule has 1 heterocycles. The molecule has 1 fully saturated rings. The van der Waals surface area contributed by atoms with Gasteiger partial charge in [0.1, 0.15) is 6.04 Å². The van der Waals surface area contributed by atoms with Crippen LogP contribution in [-0.4, -0.2) is 37.8 Å². The highest BCUT2D eigenvalue weighted by molar-refractivity contribution is 9.10. The molecule has 0 spiro atoms. The molecule has 7 heteroatoms. The molecule has 1 amide bonds. The largest absolute Gasteiger partial charge is 0.355 e. The minimum atomic E-state index is -3.64. The van der Waals surface area contributed by atoms with Gasteiger partial charge in [0.05, 0.1) is 4.90 Å². The average Bonchev–Trinajstić information content (AvgIpc) is 2.48. The third kappa shape index (κ3) is 3.64. The normalized spacial score (nSPS) is 20.2. The summed E-state index contributed by atoms with van der Waals surface area (Å²) in [5, 5.41) is 2.73. The molecule has 116 valence electrons. The maximum atomic E-state index is 12.7. The number of likely N-dealkylation sites (N-methyl/N-ethyl adjacent to an activating group) is 1. The van der Waals surface area contributed by atoms with Crippen molar-refractivity contribution >= 4 is 31.9 Å². The van der Waals surface area contributed by atoms with Crippen molar-refractivity contribution in [3.8, 4) is 0 Å². The van der Waals surface area contributed by atoms with Crippen LogP contribution >= 0.6 is 15.9 Å². The summed E-state index contributed by atoms with van der Waals surface area (Å²) in [4.78, 5) is 12.3. The lowest BCUT2D eigenvalue weighted by molar-refractivity contribution is -0.125. The smallest absolute Gasteiger partial charge is 0.243 e. The van der Waals surface area contributed by atoms with E-state index < -0.39 is 16.1 Å². The monoisotopic (exact) mass is 374 g/mol. The molecule has 0 saturated carbocycles. The van der Waals surface area contributed by atoms with Gasteiger partial charge in [-0.15, -0.1) is 0 Å². The van der Waals surface area contributed by atoms with Crippen molar-refractivity contribution in [3.63, 3.8) is 0 Å². The third-order valence-electron chi connectivity index (χ3n) is 3.53. The number of carbonyl (C=O) groups excluding carboxylic acids is 1. The molecule has 0 aliphatic carbocycles. The van der Waals surface area contributed by atoms with Crippen molar-refractivity contribution in [2.45, 2.75) is 37.1 Å². The Morgan fingerprint density at radius 1 is 1.33 bits per heavy atom. The lowest BCUT2D eigenvalue weighted by atomic mass is 10.0. The number of hydrogen-bond donors (Lipinski definition) is 1. The van der Waals surface area contributed by atoms with Crippen LogP contribution in [0.1, 0.15) is 26.2 Å². The van der Waals surface area contributed by atoms with Crippen LogP contribution < -0.4 is 5.32 Å². The Morgan fingerprint density at radius 2 is 2.00 bits per heavy atom. The number of amides is 1. The van der Waals surface area contributed by atoms with Crippen molar-refractivity contribution in [2.24, 2.45) is 0 Å². The van der Waals surface area contributed by atoms with Crippen LogP contribution in [0.4, 0.5) is 0 Å². The van der Waals surface area contributed by atoms with E-state index in [9.17, 15) is 13.2 Å². The maximum absolute atomic E-state index is 12.7. The second kappa shape index (κ2) is 6.89. The number of nitrogens with zero attached hydrogens (tertiary/aromatic N) is 1. The first-order chi connectivity index (χ1) is 9.96. The summed E-state index contributed by atoms with van der Waals surface area (Å²) in [7, 11) is -3.64. The highest BCUT2D eigenvalue weighted by Crippen LogP contribution is 2.26. The number of carbonyl (C=O) groups is 1. The van der Waals surface area contributed by atoms with Gasteiger partial charge in [-0.3, -0.25) is 4.79 Å².